The van der Waals surface area contributed by atoms with E-state index < -0.39 is 5.82 Å². The molecule has 35 heavy (non-hydrogen) atoms. The highest BCUT2D eigenvalue weighted by molar-refractivity contribution is 6.31. The fraction of sp³-hybridized carbons (Fsp3) is 0.346. The van der Waals surface area contributed by atoms with Crippen LogP contribution in [0.1, 0.15) is 32.1 Å². The predicted molar refractivity (Wildman–Crippen MR) is 138 cm³/mol. The topological polar surface area (TPSA) is 79.4 Å². The number of carbonyl (C=O) groups excluding carboxylic acids is 1. The molecule has 1 aromatic heterocycles. The molecule has 0 saturated carbocycles. The molecular formula is C26H29ClFN5O2. The fourth-order valence-electron chi connectivity index (χ4n) is 4.14. The maximum Gasteiger partial charge on any atom is 0.248 e. The number of anilines is 3. The van der Waals surface area contributed by atoms with E-state index in [0.717, 1.165) is 26.1 Å². The highest BCUT2D eigenvalue weighted by atomic mass is 35.5. The van der Waals surface area contributed by atoms with Gasteiger partial charge in [0.25, 0.3) is 0 Å². The molecule has 0 spiro atoms. The average Bonchev–Trinajstić information content (AvgIpc) is 3.13. The van der Waals surface area contributed by atoms with Crippen LogP contribution in [0, 0.1) is 5.82 Å². The van der Waals surface area contributed by atoms with Gasteiger partial charge >= 0.3 is 0 Å². The molecule has 2 heterocycles. The Morgan fingerprint density at radius 2 is 1.97 bits per heavy atom. The smallest absolute Gasteiger partial charge is 0.248 e. The van der Waals surface area contributed by atoms with E-state index in [2.05, 4.69) is 25.5 Å². The van der Waals surface area contributed by atoms with E-state index in [0.29, 0.717) is 33.8 Å². The van der Waals surface area contributed by atoms with Gasteiger partial charge in [-0.25, -0.2) is 14.4 Å². The van der Waals surface area contributed by atoms with E-state index in [-0.39, 0.29) is 10.9 Å². The minimum Gasteiger partial charge on any atom is -0.494 e. The van der Waals surface area contributed by atoms with Crippen molar-refractivity contribution in [3.8, 4) is 5.75 Å². The Balaban J connectivity index is 1.47. The number of hydrogen-bond donors (Lipinski definition) is 2. The third-order valence-corrected chi connectivity index (χ3v) is 6.27. The summed E-state index contributed by atoms with van der Waals surface area (Å²) in [5.41, 5.74) is 1.70. The first-order valence-corrected chi connectivity index (χ1v) is 12.2. The molecule has 1 aliphatic heterocycles. The maximum atomic E-state index is 13.5. The Hall–Kier alpha value is -3.23. The molecule has 3 aromatic rings. The lowest BCUT2D eigenvalue weighted by atomic mass is 10.1. The number of ether oxygens (including phenoxy) is 1. The third kappa shape index (κ3) is 6.68. The Kier molecular flexibility index (Phi) is 8.50. The van der Waals surface area contributed by atoms with E-state index in [1.54, 1.807) is 24.3 Å². The number of nitrogens with zero attached hydrogens (tertiary/aromatic N) is 3. The molecule has 0 bridgehead atoms. The van der Waals surface area contributed by atoms with Gasteiger partial charge in [0.15, 0.2) is 0 Å². The van der Waals surface area contributed by atoms with Gasteiger partial charge in [0.05, 0.1) is 23.3 Å². The molecular weight excluding hydrogens is 469 g/mol. The summed E-state index contributed by atoms with van der Waals surface area (Å²) in [5.74, 6) is 0.233. The molecule has 0 aliphatic carbocycles. The lowest BCUT2D eigenvalue weighted by molar-refractivity contribution is -0.111. The van der Waals surface area contributed by atoms with Gasteiger partial charge in [-0.1, -0.05) is 30.5 Å². The second-order valence-corrected chi connectivity index (χ2v) is 8.89. The van der Waals surface area contributed by atoms with Crippen LogP contribution < -0.4 is 15.4 Å². The molecule has 1 saturated heterocycles. The zero-order valence-electron chi connectivity index (χ0n) is 19.7. The average molecular weight is 498 g/mol. The van der Waals surface area contributed by atoms with E-state index >= 15 is 0 Å². The monoisotopic (exact) mass is 497 g/mol. The number of rotatable bonds is 8. The number of benzene rings is 2. The number of carbonyl (C=O) groups is 1. The zero-order valence-corrected chi connectivity index (χ0v) is 20.4. The summed E-state index contributed by atoms with van der Waals surface area (Å²) in [6.07, 6.45) is 10.8. The van der Waals surface area contributed by atoms with Crippen molar-refractivity contribution >= 4 is 45.6 Å². The summed E-state index contributed by atoms with van der Waals surface area (Å²) >= 11 is 5.90. The number of halogens is 2. The van der Waals surface area contributed by atoms with Crippen LogP contribution in [-0.4, -0.2) is 47.5 Å². The predicted octanol–water partition coefficient (Wildman–Crippen LogP) is 5.94. The Bertz CT molecular complexity index is 1210. The highest BCUT2D eigenvalue weighted by Gasteiger charge is 2.13. The van der Waals surface area contributed by atoms with Gasteiger partial charge in [0.1, 0.15) is 23.7 Å². The van der Waals surface area contributed by atoms with Gasteiger partial charge in [0.2, 0.25) is 5.91 Å². The van der Waals surface area contributed by atoms with Crippen LogP contribution in [0.5, 0.6) is 5.75 Å². The minimum atomic E-state index is -0.501. The molecule has 9 heteroatoms. The summed E-state index contributed by atoms with van der Waals surface area (Å²) in [4.78, 5) is 23.7. The minimum absolute atomic E-state index is 0.00520. The van der Waals surface area contributed by atoms with E-state index in [1.165, 1.54) is 51.3 Å². The Morgan fingerprint density at radius 1 is 1.17 bits per heavy atom. The van der Waals surface area contributed by atoms with Crippen molar-refractivity contribution in [2.45, 2.75) is 32.1 Å². The van der Waals surface area contributed by atoms with Crippen LogP contribution in [0.15, 0.2) is 48.8 Å². The number of aromatic nitrogens is 2. The molecule has 1 fully saturated rings. The van der Waals surface area contributed by atoms with Crippen LogP contribution in [0.2, 0.25) is 5.02 Å². The number of methoxy groups -OCH3 is 1. The van der Waals surface area contributed by atoms with Crippen molar-refractivity contribution in [1.29, 1.82) is 0 Å². The van der Waals surface area contributed by atoms with Crippen molar-refractivity contribution in [3.05, 3.63) is 59.7 Å². The van der Waals surface area contributed by atoms with Crippen molar-refractivity contribution in [1.82, 2.24) is 14.9 Å². The molecule has 2 aromatic carbocycles. The zero-order chi connectivity index (χ0) is 24.6. The number of hydrogen-bond acceptors (Lipinski definition) is 6. The van der Waals surface area contributed by atoms with Gasteiger partial charge in [0, 0.05) is 23.7 Å². The molecule has 1 amide bonds. The van der Waals surface area contributed by atoms with Crippen molar-refractivity contribution in [2.75, 3.05) is 37.4 Å². The molecule has 184 valence electrons. The van der Waals surface area contributed by atoms with Crippen molar-refractivity contribution in [3.63, 3.8) is 0 Å². The number of amides is 1. The van der Waals surface area contributed by atoms with Gasteiger partial charge < -0.3 is 20.3 Å². The Labute approximate surface area is 209 Å². The largest absolute Gasteiger partial charge is 0.494 e. The number of fused-ring (bicyclic) bond motifs is 1. The summed E-state index contributed by atoms with van der Waals surface area (Å²) in [6.45, 7) is 3.23. The highest BCUT2D eigenvalue weighted by Crippen LogP contribution is 2.33. The fourth-order valence-corrected chi connectivity index (χ4v) is 4.32. The van der Waals surface area contributed by atoms with Crippen LogP contribution in [0.4, 0.5) is 21.6 Å². The van der Waals surface area contributed by atoms with E-state index in [1.807, 2.05) is 6.08 Å². The van der Waals surface area contributed by atoms with Crippen LogP contribution in [-0.2, 0) is 4.79 Å². The lowest BCUT2D eigenvalue weighted by Crippen LogP contribution is -2.25. The standard InChI is InChI=1S/C26H29ClFN5O2/c1-35-24-16-22-19(26(30-17-29-22)31-18-9-10-21(28)20(27)14-18)15-23(24)32-25(34)8-4-7-13-33-11-5-2-3-6-12-33/h4,8-10,14-17H,2-3,5-7,11-13H2,1H3,(H,32,34)(H,29,30,31). The van der Waals surface area contributed by atoms with Gasteiger partial charge in [-0.3, -0.25) is 4.79 Å². The summed E-state index contributed by atoms with van der Waals surface area (Å²) in [5, 5.41) is 6.69. The molecule has 1 aliphatic rings. The molecule has 7 nitrogen and oxygen atoms in total. The lowest BCUT2D eigenvalue weighted by Gasteiger charge is -2.18. The first-order chi connectivity index (χ1) is 17.0. The Morgan fingerprint density at radius 3 is 2.71 bits per heavy atom. The molecule has 0 radical (unpaired) electrons. The quantitative estimate of drug-likeness (QED) is 0.375. The van der Waals surface area contributed by atoms with Gasteiger partial charge in [-0.15, -0.1) is 0 Å². The third-order valence-electron chi connectivity index (χ3n) is 5.98. The number of nitrogens with one attached hydrogen (secondary N) is 2. The normalized spacial score (nSPS) is 14.7. The molecule has 4 rings (SSSR count). The first-order valence-electron chi connectivity index (χ1n) is 11.8. The summed E-state index contributed by atoms with van der Waals surface area (Å²) < 4.78 is 19.0. The second kappa shape index (κ2) is 12.0. The first kappa shape index (κ1) is 24.9. The summed E-state index contributed by atoms with van der Waals surface area (Å²) in [6, 6.07) is 7.82. The number of likely N-dealkylation sites (tertiary alicyclic amines) is 1. The van der Waals surface area contributed by atoms with Crippen molar-refractivity contribution < 1.29 is 13.9 Å². The van der Waals surface area contributed by atoms with Crippen LogP contribution >= 0.6 is 11.6 Å². The van der Waals surface area contributed by atoms with Crippen LogP contribution in [0.3, 0.4) is 0 Å². The maximum absolute atomic E-state index is 13.5. The summed E-state index contributed by atoms with van der Waals surface area (Å²) in [7, 11) is 1.54. The van der Waals surface area contributed by atoms with Gasteiger partial charge in [-0.05, 0) is 62.7 Å². The second-order valence-electron chi connectivity index (χ2n) is 8.48. The van der Waals surface area contributed by atoms with Crippen LogP contribution in [0.25, 0.3) is 10.9 Å². The van der Waals surface area contributed by atoms with E-state index in [9.17, 15) is 9.18 Å². The molecule has 2 N–H and O–H groups in total. The molecule has 0 atom stereocenters. The molecule has 0 unspecified atom stereocenters. The van der Waals surface area contributed by atoms with E-state index in [4.69, 9.17) is 16.3 Å². The SMILES string of the molecule is COc1cc2ncnc(Nc3ccc(F)c(Cl)c3)c2cc1NC(=O)C=CCCN1CCCCCC1. The van der Waals surface area contributed by atoms with Gasteiger partial charge in [-0.2, -0.15) is 0 Å². The van der Waals surface area contributed by atoms with Crippen molar-refractivity contribution in [2.24, 2.45) is 0 Å².